The van der Waals surface area contributed by atoms with Gasteiger partial charge in [0.05, 0.1) is 16.8 Å². The Hall–Kier alpha value is -1.07. The number of nitrogens with zero attached hydrogens (tertiary/aromatic N) is 1. The number of carbonyl (C=O) groups is 2. The lowest BCUT2D eigenvalue weighted by Gasteiger charge is -2.13. The second-order valence-electron chi connectivity index (χ2n) is 4.26. The molecule has 1 aliphatic rings. The van der Waals surface area contributed by atoms with Gasteiger partial charge in [-0.05, 0) is 19.1 Å². The third kappa shape index (κ3) is 3.03. The topological polar surface area (TPSA) is 49.4 Å². The van der Waals surface area contributed by atoms with E-state index in [-0.39, 0.29) is 17.7 Å². The minimum atomic E-state index is -0.215. The molecule has 0 aliphatic carbocycles. The summed E-state index contributed by atoms with van der Waals surface area (Å²) in [6.45, 7) is 3.61. The molecule has 1 aromatic rings. The highest BCUT2D eigenvalue weighted by atomic mass is 35.5. The van der Waals surface area contributed by atoms with Gasteiger partial charge in [0.25, 0.3) is 0 Å². The van der Waals surface area contributed by atoms with Gasteiger partial charge < -0.3 is 10.2 Å². The highest BCUT2D eigenvalue weighted by Crippen LogP contribution is 2.22. The van der Waals surface area contributed by atoms with E-state index in [2.05, 4.69) is 5.32 Å². The van der Waals surface area contributed by atoms with E-state index in [1.807, 2.05) is 19.1 Å². The van der Waals surface area contributed by atoms with Gasteiger partial charge in [-0.15, -0.1) is 11.3 Å². The highest BCUT2D eigenvalue weighted by Gasteiger charge is 2.33. The number of thiophene rings is 1. The molecule has 18 heavy (non-hydrogen) atoms. The molecule has 1 atom stereocenters. The third-order valence-corrected chi connectivity index (χ3v) is 4.26. The average molecular weight is 287 g/mol. The lowest BCUT2D eigenvalue weighted by molar-refractivity contribution is -0.128. The predicted molar refractivity (Wildman–Crippen MR) is 71.5 cm³/mol. The van der Waals surface area contributed by atoms with Gasteiger partial charge in [-0.3, -0.25) is 9.59 Å². The summed E-state index contributed by atoms with van der Waals surface area (Å²) in [5.74, 6) is -0.200. The molecule has 2 rings (SSSR count). The summed E-state index contributed by atoms with van der Waals surface area (Å²) in [5.41, 5.74) is 0. The first-order valence-electron chi connectivity index (χ1n) is 5.90. The molecular formula is C12H15ClN2O2S. The maximum absolute atomic E-state index is 11.9. The first-order chi connectivity index (χ1) is 8.60. The molecule has 4 nitrogen and oxygen atoms in total. The second-order valence-corrected chi connectivity index (χ2v) is 6.06. The van der Waals surface area contributed by atoms with E-state index in [0.29, 0.717) is 30.4 Å². The number of rotatable bonds is 4. The summed E-state index contributed by atoms with van der Waals surface area (Å²) >= 11 is 7.27. The zero-order valence-corrected chi connectivity index (χ0v) is 11.7. The van der Waals surface area contributed by atoms with E-state index >= 15 is 0 Å². The highest BCUT2D eigenvalue weighted by molar-refractivity contribution is 7.16. The molecule has 6 heteroatoms. The molecule has 0 radical (unpaired) electrons. The Morgan fingerprint density at radius 3 is 2.94 bits per heavy atom. The number of nitrogens with one attached hydrogen (secondary N) is 1. The zero-order valence-electron chi connectivity index (χ0n) is 10.1. The molecule has 1 unspecified atom stereocenters. The molecule has 1 N–H and O–H groups in total. The SMILES string of the molecule is CCN1CC(C(=O)NCc2ccc(Cl)s2)CC1=O. The number of likely N-dealkylation sites (tertiary alicyclic amines) is 1. The fraction of sp³-hybridized carbons (Fsp3) is 0.500. The molecule has 0 aromatic carbocycles. The van der Waals surface area contributed by atoms with Crippen molar-refractivity contribution in [2.75, 3.05) is 13.1 Å². The van der Waals surface area contributed by atoms with E-state index in [9.17, 15) is 9.59 Å². The molecule has 98 valence electrons. The van der Waals surface area contributed by atoms with Crippen molar-refractivity contribution in [3.8, 4) is 0 Å². The molecule has 0 saturated carbocycles. The molecule has 2 amide bonds. The lowest BCUT2D eigenvalue weighted by Crippen LogP contribution is -2.32. The van der Waals surface area contributed by atoms with Gasteiger partial charge >= 0.3 is 0 Å². The second kappa shape index (κ2) is 5.71. The maximum atomic E-state index is 11.9. The third-order valence-electron chi connectivity index (χ3n) is 3.03. The maximum Gasteiger partial charge on any atom is 0.225 e. The van der Waals surface area contributed by atoms with Crippen LogP contribution in [0.1, 0.15) is 18.2 Å². The van der Waals surface area contributed by atoms with Crippen molar-refractivity contribution in [1.29, 1.82) is 0 Å². The van der Waals surface area contributed by atoms with Gasteiger partial charge in [-0.2, -0.15) is 0 Å². The Kier molecular flexibility index (Phi) is 4.24. The van der Waals surface area contributed by atoms with E-state index in [1.165, 1.54) is 11.3 Å². The molecule has 1 aromatic heterocycles. The average Bonchev–Trinajstić information content (AvgIpc) is 2.92. The van der Waals surface area contributed by atoms with Crippen LogP contribution in [0.3, 0.4) is 0 Å². The summed E-state index contributed by atoms with van der Waals surface area (Å²) < 4.78 is 0.715. The van der Waals surface area contributed by atoms with Crippen molar-refractivity contribution in [1.82, 2.24) is 10.2 Å². The summed E-state index contributed by atoms with van der Waals surface area (Å²) in [5, 5.41) is 2.85. The van der Waals surface area contributed by atoms with Crippen molar-refractivity contribution >= 4 is 34.8 Å². The van der Waals surface area contributed by atoms with Gasteiger partial charge in [-0.25, -0.2) is 0 Å². The Labute approximate surface area is 115 Å². The molecule has 2 heterocycles. The van der Waals surface area contributed by atoms with Crippen LogP contribution in [0.4, 0.5) is 0 Å². The van der Waals surface area contributed by atoms with Crippen LogP contribution < -0.4 is 5.32 Å². The van der Waals surface area contributed by atoms with Crippen LogP contribution in [0.25, 0.3) is 0 Å². The molecular weight excluding hydrogens is 272 g/mol. The number of halogens is 1. The number of amides is 2. The van der Waals surface area contributed by atoms with Gasteiger partial charge in [0, 0.05) is 24.4 Å². The van der Waals surface area contributed by atoms with Crippen LogP contribution in [-0.2, 0) is 16.1 Å². The van der Waals surface area contributed by atoms with Crippen molar-refractivity contribution in [2.24, 2.45) is 5.92 Å². The zero-order chi connectivity index (χ0) is 13.1. The van der Waals surface area contributed by atoms with E-state index in [1.54, 1.807) is 4.90 Å². The van der Waals surface area contributed by atoms with Gasteiger partial charge in [0.1, 0.15) is 0 Å². The summed E-state index contributed by atoms with van der Waals surface area (Å²) in [7, 11) is 0. The van der Waals surface area contributed by atoms with E-state index < -0.39 is 0 Å². The summed E-state index contributed by atoms with van der Waals surface area (Å²) in [6, 6.07) is 3.71. The van der Waals surface area contributed by atoms with Crippen molar-refractivity contribution < 1.29 is 9.59 Å². The van der Waals surface area contributed by atoms with E-state index in [0.717, 1.165) is 4.88 Å². The van der Waals surface area contributed by atoms with Gasteiger partial charge in [-0.1, -0.05) is 11.6 Å². The van der Waals surface area contributed by atoms with Crippen molar-refractivity contribution in [2.45, 2.75) is 19.9 Å². The molecule has 1 saturated heterocycles. The fourth-order valence-electron chi connectivity index (χ4n) is 2.02. The van der Waals surface area contributed by atoms with Crippen LogP contribution in [0.5, 0.6) is 0 Å². The first-order valence-corrected chi connectivity index (χ1v) is 7.09. The molecule has 0 spiro atoms. The number of hydrogen-bond donors (Lipinski definition) is 1. The first kappa shape index (κ1) is 13.4. The van der Waals surface area contributed by atoms with Crippen LogP contribution in [0.15, 0.2) is 12.1 Å². The standard InChI is InChI=1S/C12H15ClN2O2S/c1-2-15-7-8(5-11(15)16)12(17)14-6-9-3-4-10(13)18-9/h3-4,8H,2,5-7H2,1H3,(H,14,17). The van der Waals surface area contributed by atoms with Crippen LogP contribution in [-0.4, -0.2) is 29.8 Å². The van der Waals surface area contributed by atoms with Crippen LogP contribution >= 0.6 is 22.9 Å². The van der Waals surface area contributed by atoms with Gasteiger partial charge in [0.2, 0.25) is 11.8 Å². The minimum absolute atomic E-state index is 0.0520. The largest absolute Gasteiger partial charge is 0.351 e. The Morgan fingerprint density at radius 2 is 2.39 bits per heavy atom. The molecule has 1 fully saturated rings. The Balaban J connectivity index is 1.84. The van der Waals surface area contributed by atoms with Crippen LogP contribution in [0, 0.1) is 5.92 Å². The van der Waals surface area contributed by atoms with Gasteiger partial charge in [0.15, 0.2) is 0 Å². The normalized spacial score (nSPS) is 19.3. The number of carbonyl (C=O) groups excluding carboxylic acids is 2. The fourth-order valence-corrected chi connectivity index (χ4v) is 3.05. The molecule has 1 aliphatic heterocycles. The van der Waals surface area contributed by atoms with Crippen LogP contribution in [0.2, 0.25) is 4.34 Å². The van der Waals surface area contributed by atoms with E-state index in [4.69, 9.17) is 11.6 Å². The Bertz CT molecular complexity index is 461. The monoisotopic (exact) mass is 286 g/mol. The summed E-state index contributed by atoms with van der Waals surface area (Å²) in [6.07, 6.45) is 0.324. The Morgan fingerprint density at radius 1 is 1.61 bits per heavy atom. The summed E-state index contributed by atoms with van der Waals surface area (Å²) in [4.78, 5) is 26.2. The number of hydrogen-bond acceptors (Lipinski definition) is 3. The molecule has 0 bridgehead atoms. The lowest BCUT2D eigenvalue weighted by atomic mass is 10.1. The van der Waals surface area contributed by atoms with Crippen molar-refractivity contribution in [3.63, 3.8) is 0 Å². The predicted octanol–water partition coefficient (Wildman–Crippen LogP) is 1.89. The minimum Gasteiger partial charge on any atom is -0.351 e. The van der Waals surface area contributed by atoms with Crippen molar-refractivity contribution in [3.05, 3.63) is 21.3 Å². The quantitative estimate of drug-likeness (QED) is 0.919. The smallest absolute Gasteiger partial charge is 0.225 e.